The molecule has 3 atom stereocenters. The number of rotatable bonds is 2. The molecular weight excluding hydrogens is 356 g/mol. The quantitative estimate of drug-likeness (QED) is 0.709. The third kappa shape index (κ3) is 2.94. The number of likely N-dealkylation sites (tertiary alicyclic amines) is 1. The molecule has 3 nitrogen and oxygen atoms in total. The van der Waals surface area contributed by atoms with Crippen LogP contribution in [0.1, 0.15) is 52.7 Å². The lowest BCUT2D eigenvalue weighted by atomic mass is 9.76. The number of benzene rings is 2. The predicted molar refractivity (Wildman–Crippen MR) is 109 cm³/mol. The molecule has 1 amide bonds. The number of halogens is 1. The highest BCUT2D eigenvalue weighted by atomic mass is 35.5. The monoisotopic (exact) mass is 378 g/mol. The lowest BCUT2D eigenvalue weighted by molar-refractivity contribution is 0.0792. The van der Waals surface area contributed by atoms with E-state index in [0.29, 0.717) is 11.8 Å². The second kappa shape index (κ2) is 6.72. The standard InChI is InChI=1S/C23H23ClN2O/c24-17-6-3-5-15(13-17)22-19-8-4-7-18(19)20-14-16(9-10-21(20)25-22)23(27)26-11-1-2-12-26/h3-7,9-10,13-14,18-19,22,25H,1-2,8,11-12H2. The van der Waals surface area contributed by atoms with Crippen molar-refractivity contribution in [3.05, 3.63) is 76.3 Å². The summed E-state index contributed by atoms with van der Waals surface area (Å²) in [6, 6.07) is 14.5. The van der Waals surface area contributed by atoms with Crippen LogP contribution in [0.3, 0.4) is 0 Å². The van der Waals surface area contributed by atoms with Crippen molar-refractivity contribution in [1.29, 1.82) is 0 Å². The van der Waals surface area contributed by atoms with E-state index < -0.39 is 0 Å². The van der Waals surface area contributed by atoms with Crippen LogP contribution in [0.25, 0.3) is 0 Å². The number of hydrogen-bond acceptors (Lipinski definition) is 2. The number of allylic oxidation sites excluding steroid dienone is 2. The van der Waals surface area contributed by atoms with Crippen LogP contribution in [0.15, 0.2) is 54.6 Å². The van der Waals surface area contributed by atoms with Crippen molar-refractivity contribution < 1.29 is 4.79 Å². The molecule has 0 aromatic heterocycles. The fraction of sp³-hybridized carbons (Fsp3) is 0.348. The molecule has 1 N–H and O–H groups in total. The second-order valence-corrected chi connectivity index (χ2v) is 8.27. The number of fused-ring (bicyclic) bond motifs is 3. The van der Waals surface area contributed by atoms with Crippen LogP contribution < -0.4 is 5.32 Å². The number of carbonyl (C=O) groups is 1. The van der Waals surface area contributed by atoms with Gasteiger partial charge in [-0.25, -0.2) is 0 Å². The lowest BCUT2D eigenvalue weighted by Crippen LogP contribution is -2.30. The van der Waals surface area contributed by atoms with Crippen LogP contribution >= 0.6 is 11.6 Å². The van der Waals surface area contributed by atoms with Crippen LogP contribution in [0.5, 0.6) is 0 Å². The van der Waals surface area contributed by atoms with E-state index in [4.69, 9.17) is 11.6 Å². The molecular formula is C23H23ClN2O. The van der Waals surface area contributed by atoms with Gasteiger partial charge >= 0.3 is 0 Å². The molecule has 2 heterocycles. The Hall–Kier alpha value is -2.26. The van der Waals surface area contributed by atoms with E-state index in [-0.39, 0.29) is 11.9 Å². The van der Waals surface area contributed by atoms with Crippen molar-refractivity contribution in [1.82, 2.24) is 4.90 Å². The number of carbonyl (C=O) groups excluding carboxylic acids is 1. The average molecular weight is 379 g/mol. The SMILES string of the molecule is O=C(c1ccc2c(c1)C1C=CCC1C(c1cccc(Cl)c1)N2)N1CCCC1. The maximum Gasteiger partial charge on any atom is 0.253 e. The zero-order valence-electron chi connectivity index (χ0n) is 15.2. The van der Waals surface area contributed by atoms with E-state index in [9.17, 15) is 4.79 Å². The van der Waals surface area contributed by atoms with Crippen LogP contribution in [-0.2, 0) is 0 Å². The smallest absolute Gasteiger partial charge is 0.253 e. The first-order valence-corrected chi connectivity index (χ1v) is 10.2. The molecule has 3 aliphatic rings. The molecule has 2 aromatic rings. The minimum Gasteiger partial charge on any atom is -0.378 e. The largest absolute Gasteiger partial charge is 0.378 e. The molecule has 1 saturated heterocycles. The second-order valence-electron chi connectivity index (χ2n) is 7.83. The molecule has 27 heavy (non-hydrogen) atoms. The Bertz CT molecular complexity index is 916. The third-order valence-electron chi connectivity index (χ3n) is 6.21. The highest BCUT2D eigenvalue weighted by Crippen LogP contribution is 2.50. The summed E-state index contributed by atoms with van der Waals surface area (Å²) in [4.78, 5) is 14.8. The zero-order valence-corrected chi connectivity index (χ0v) is 16.0. The predicted octanol–water partition coefficient (Wildman–Crippen LogP) is 5.40. The van der Waals surface area contributed by atoms with Crippen LogP contribution in [0, 0.1) is 5.92 Å². The van der Waals surface area contributed by atoms with Gasteiger partial charge in [-0.1, -0.05) is 35.9 Å². The molecule has 1 aliphatic carbocycles. The summed E-state index contributed by atoms with van der Waals surface area (Å²) in [6.07, 6.45) is 7.86. The summed E-state index contributed by atoms with van der Waals surface area (Å²) in [5.41, 5.74) is 4.42. The molecule has 0 spiro atoms. The topological polar surface area (TPSA) is 32.3 Å². The first kappa shape index (κ1) is 16.9. The average Bonchev–Trinajstić information content (AvgIpc) is 3.38. The van der Waals surface area contributed by atoms with Crippen molar-refractivity contribution in [3.8, 4) is 0 Å². The molecule has 2 aromatic carbocycles. The minimum absolute atomic E-state index is 0.172. The molecule has 0 saturated carbocycles. The van der Waals surface area contributed by atoms with Crippen molar-refractivity contribution in [2.24, 2.45) is 5.92 Å². The van der Waals surface area contributed by atoms with Gasteiger partial charge in [-0.15, -0.1) is 0 Å². The molecule has 0 radical (unpaired) electrons. The minimum atomic E-state index is 0.172. The maximum atomic E-state index is 12.8. The summed E-state index contributed by atoms with van der Waals surface area (Å²) in [5, 5.41) is 4.50. The van der Waals surface area contributed by atoms with Gasteiger partial charge in [-0.3, -0.25) is 4.79 Å². The van der Waals surface area contributed by atoms with Crippen molar-refractivity contribution in [2.45, 2.75) is 31.2 Å². The highest BCUT2D eigenvalue weighted by molar-refractivity contribution is 6.30. The molecule has 5 rings (SSSR count). The van der Waals surface area contributed by atoms with Gasteiger partial charge in [-0.05, 0) is 66.6 Å². The Kier molecular flexibility index (Phi) is 4.20. The van der Waals surface area contributed by atoms with E-state index in [1.54, 1.807) is 0 Å². The van der Waals surface area contributed by atoms with E-state index in [1.807, 2.05) is 23.1 Å². The molecule has 4 heteroatoms. The summed E-state index contributed by atoms with van der Waals surface area (Å²) < 4.78 is 0. The van der Waals surface area contributed by atoms with E-state index >= 15 is 0 Å². The highest BCUT2D eigenvalue weighted by Gasteiger charge is 2.38. The summed E-state index contributed by atoms with van der Waals surface area (Å²) in [5.74, 6) is 0.968. The van der Waals surface area contributed by atoms with Crippen LogP contribution in [-0.4, -0.2) is 23.9 Å². The van der Waals surface area contributed by atoms with Crippen LogP contribution in [0.2, 0.25) is 5.02 Å². The molecule has 1 fully saturated rings. The Balaban J connectivity index is 1.50. The molecule has 138 valence electrons. The van der Waals surface area contributed by atoms with Gasteiger partial charge in [0.25, 0.3) is 5.91 Å². The zero-order chi connectivity index (χ0) is 18.4. The first-order valence-electron chi connectivity index (χ1n) is 9.82. The number of hydrogen-bond donors (Lipinski definition) is 1. The van der Waals surface area contributed by atoms with Crippen molar-refractivity contribution in [2.75, 3.05) is 18.4 Å². The Morgan fingerprint density at radius 2 is 1.96 bits per heavy atom. The van der Waals surface area contributed by atoms with Gasteiger partial charge in [0.15, 0.2) is 0 Å². The van der Waals surface area contributed by atoms with Crippen molar-refractivity contribution in [3.63, 3.8) is 0 Å². The van der Waals surface area contributed by atoms with E-state index in [0.717, 1.165) is 48.6 Å². The molecule has 3 unspecified atom stereocenters. The molecule has 0 bridgehead atoms. The normalized spacial score (nSPS) is 25.8. The summed E-state index contributed by atoms with van der Waals surface area (Å²) in [6.45, 7) is 1.77. The summed E-state index contributed by atoms with van der Waals surface area (Å²) in [7, 11) is 0. The van der Waals surface area contributed by atoms with Gasteiger partial charge in [-0.2, -0.15) is 0 Å². The maximum absolute atomic E-state index is 12.8. The number of nitrogens with zero attached hydrogens (tertiary/aromatic N) is 1. The third-order valence-corrected chi connectivity index (χ3v) is 6.45. The Labute approximate surface area is 165 Å². The van der Waals surface area contributed by atoms with Gasteiger partial charge in [0, 0.05) is 35.3 Å². The Morgan fingerprint density at radius 1 is 1.11 bits per heavy atom. The molecule has 2 aliphatic heterocycles. The van der Waals surface area contributed by atoms with Crippen molar-refractivity contribution >= 4 is 23.2 Å². The first-order chi connectivity index (χ1) is 13.2. The number of nitrogens with one attached hydrogen (secondary N) is 1. The number of amides is 1. The van der Waals surface area contributed by atoms with Gasteiger partial charge in [0.2, 0.25) is 0 Å². The van der Waals surface area contributed by atoms with Gasteiger partial charge in [0.1, 0.15) is 0 Å². The van der Waals surface area contributed by atoms with Gasteiger partial charge < -0.3 is 10.2 Å². The fourth-order valence-corrected chi connectivity index (χ4v) is 5.06. The fourth-order valence-electron chi connectivity index (χ4n) is 4.86. The van der Waals surface area contributed by atoms with Crippen LogP contribution in [0.4, 0.5) is 5.69 Å². The van der Waals surface area contributed by atoms with E-state index in [1.165, 1.54) is 11.1 Å². The van der Waals surface area contributed by atoms with E-state index in [2.05, 4.69) is 41.7 Å². The lowest BCUT2D eigenvalue weighted by Gasteiger charge is -2.38. The Morgan fingerprint density at radius 3 is 2.78 bits per heavy atom. The number of anilines is 1. The summed E-state index contributed by atoms with van der Waals surface area (Å²) >= 11 is 6.24. The van der Waals surface area contributed by atoms with Gasteiger partial charge in [0.05, 0.1) is 6.04 Å².